The zero-order valence-corrected chi connectivity index (χ0v) is 19.0. The van der Waals surface area contributed by atoms with Gasteiger partial charge in [-0.3, -0.25) is 39.0 Å². The molecular formula is C25H21N5O6. The topological polar surface area (TPSA) is 166 Å². The van der Waals surface area contributed by atoms with Gasteiger partial charge in [-0.2, -0.15) is 5.26 Å². The van der Waals surface area contributed by atoms with Gasteiger partial charge in [-0.1, -0.05) is 6.07 Å². The first-order valence-corrected chi connectivity index (χ1v) is 11.2. The lowest BCUT2D eigenvalue weighted by atomic mass is 10.0. The van der Waals surface area contributed by atoms with E-state index in [9.17, 15) is 28.8 Å². The lowest BCUT2D eigenvalue weighted by Crippen LogP contribution is -2.54. The molecule has 1 atom stereocenters. The molecular weight excluding hydrogens is 466 g/mol. The van der Waals surface area contributed by atoms with E-state index in [0.29, 0.717) is 24.1 Å². The average molecular weight is 487 g/mol. The van der Waals surface area contributed by atoms with Crippen LogP contribution in [0.2, 0.25) is 0 Å². The van der Waals surface area contributed by atoms with Crippen molar-refractivity contribution >= 4 is 41.1 Å². The van der Waals surface area contributed by atoms with Gasteiger partial charge < -0.3 is 10.6 Å². The summed E-state index contributed by atoms with van der Waals surface area (Å²) in [6.07, 6.45) is 1.06. The number of carbonyl (C=O) groups excluding carboxylic acids is 6. The number of aryl methyl sites for hydroxylation is 1. The van der Waals surface area contributed by atoms with E-state index in [-0.39, 0.29) is 30.5 Å². The van der Waals surface area contributed by atoms with Gasteiger partial charge in [0.1, 0.15) is 6.04 Å². The number of nitrogens with one attached hydrogen (secondary N) is 3. The van der Waals surface area contributed by atoms with Crippen molar-refractivity contribution in [2.24, 2.45) is 0 Å². The van der Waals surface area contributed by atoms with Crippen LogP contribution in [0.15, 0.2) is 42.5 Å². The Morgan fingerprint density at radius 2 is 1.72 bits per heavy atom. The molecule has 4 rings (SSSR count). The molecule has 182 valence electrons. The van der Waals surface area contributed by atoms with Crippen molar-refractivity contribution in [3.05, 3.63) is 64.7 Å². The maximum atomic E-state index is 12.9. The van der Waals surface area contributed by atoms with Crippen molar-refractivity contribution in [1.82, 2.24) is 15.5 Å². The minimum atomic E-state index is -1.02. The molecule has 2 aliphatic rings. The molecule has 36 heavy (non-hydrogen) atoms. The number of nitriles is 1. The van der Waals surface area contributed by atoms with E-state index in [4.69, 9.17) is 5.26 Å². The molecule has 0 bridgehead atoms. The van der Waals surface area contributed by atoms with E-state index in [2.05, 4.69) is 16.0 Å². The Balaban J connectivity index is 1.29. The van der Waals surface area contributed by atoms with E-state index in [0.717, 1.165) is 10.5 Å². The van der Waals surface area contributed by atoms with Crippen molar-refractivity contribution in [1.29, 1.82) is 5.26 Å². The molecule has 6 amide bonds. The summed E-state index contributed by atoms with van der Waals surface area (Å²) in [6.45, 7) is 0.200. The third-order valence-corrected chi connectivity index (χ3v) is 5.91. The van der Waals surface area contributed by atoms with Gasteiger partial charge in [0.2, 0.25) is 11.8 Å². The van der Waals surface area contributed by atoms with Crippen LogP contribution in [0, 0.1) is 11.3 Å². The molecule has 2 aromatic rings. The molecule has 1 fully saturated rings. The Labute approximate surface area is 205 Å². The number of imide groups is 2. The summed E-state index contributed by atoms with van der Waals surface area (Å²) in [5.74, 6) is -3.91. The normalized spacial score (nSPS) is 16.8. The van der Waals surface area contributed by atoms with Crippen molar-refractivity contribution in [2.75, 3.05) is 11.9 Å². The molecule has 2 aliphatic heterocycles. The van der Waals surface area contributed by atoms with Crippen LogP contribution >= 0.6 is 0 Å². The van der Waals surface area contributed by atoms with Crippen molar-refractivity contribution in [2.45, 2.75) is 31.7 Å². The molecule has 2 aromatic carbocycles. The van der Waals surface area contributed by atoms with Crippen LogP contribution in [0.5, 0.6) is 0 Å². The van der Waals surface area contributed by atoms with E-state index in [1.165, 1.54) is 30.3 Å². The van der Waals surface area contributed by atoms with Gasteiger partial charge in [0, 0.05) is 18.7 Å². The lowest BCUT2D eigenvalue weighted by molar-refractivity contribution is -0.136. The van der Waals surface area contributed by atoms with Crippen LogP contribution in [0.25, 0.3) is 0 Å². The first kappa shape index (κ1) is 24.3. The van der Waals surface area contributed by atoms with E-state index in [1.807, 2.05) is 6.07 Å². The Hall–Kier alpha value is -4.85. The molecule has 3 N–H and O–H groups in total. The summed E-state index contributed by atoms with van der Waals surface area (Å²) < 4.78 is 0. The lowest BCUT2D eigenvalue weighted by Gasteiger charge is -2.27. The van der Waals surface area contributed by atoms with Gasteiger partial charge in [-0.05, 0) is 61.2 Å². The van der Waals surface area contributed by atoms with Gasteiger partial charge >= 0.3 is 11.8 Å². The summed E-state index contributed by atoms with van der Waals surface area (Å²) in [5, 5.41) is 15.9. The third kappa shape index (κ3) is 4.97. The van der Waals surface area contributed by atoms with Crippen LogP contribution in [0.4, 0.5) is 5.69 Å². The number of nitrogens with zero attached hydrogens (tertiary/aromatic N) is 2. The number of fused-ring (bicyclic) bond motifs is 1. The molecule has 0 aromatic heterocycles. The highest BCUT2D eigenvalue weighted by atomic mass is 16.2. The smallest absolute Gasteiger partial charge is 0.313 e. The van der Waals surface area contributed by atoms with Crippen LogP contribution in [0.1, 0.15) is 51.1 Å². The van der Waals surface area contributed by atoms with E-state index < -0.39 is 41.5 Å². The number of anilines is 1. The minimum absolute atomic E-state index is 0.0479. The SMILES string of the molecule is N#Cc1ccc(NC(=O)C(=O)NCCCc2ccc3c(c2)C(=O)N(C2CCC(=O)NC2=O)C3=O)cc1. The first-order valence-electron chi connectivity index (χ1n) is 11.2. The van der Waals surface area contributed by atoms with Gasteiger partial charge in [0.05, 0.1) is 22.8 Å². The number of hydrogen-bond donors (Lipinski definition) is 3. The number of hydrogen-bond acceptors (Lipinski definition) is 7. The molecule has 0 aliphatic carbocycles. The van der Waals surface area contributed by atoms with Crippen LogP contribution < -0.4 is 16.0 Å². The largest absolute Gasteiger partial charge is 0.348 e. The number of amides is 6. The van der Waals surface area contributed by atoms with Crippen LogP contribution in [0.3, 0.4) is 0 Å². The number of carbonyl (C=O) groups is 6. The van der Waals surface area contributed by atoms with Crippen LogP contribution in [-0.2, 0) is 25.6 Å². The maximum absolute atomic E-state index is 12.9. The van der Waals surface area contributed by atoms with Gasteiger partial charge in [0.25, 0.3) is 11.8 Å². The highest BCUT2D eigenvalue weighted by molar-refractivity contribution is 6.39. The molecule has 0 radical (unpaired) electrons. The highest BCUT2D eigenvalue weighted by Gasteiger charge is 2.44. The molecule has 0 spiro atoms. The van der Waals surface area contributed by atoms with Gasteiger partial charge in [-0.25, -0.2) is 0 Å². The second-order valence-corrected chi connectivity index (χ2v) is 8.33. The second kappa shape index (κ2) is 10.2. The number of rotatable bonds is 6. The van der Waals surface area contributed by atoms with Crippen LogP contribution in [-0.4, -0.2) is 52.9 Å². The quantitative estimate of drug-likeness (QED) is 0.306. The molecule has 1 unspecified atom stereocenters. The summed E-state index contributed by atoms with van der Waals surface area (Å²) >= 11 is 0. The summed E-state index contributed by atoms with van der Waals surface area (Å²) in [4.78, 5) is 74.1. The molecule has 0 saturated carbocycles. The standard InChI is InChI=1S/C25H21N5O6/c26-13-15-3-6-16(7-4-15)28-23(34)22(33)27-11-1-2-14-5-8-17-18(12-14)25(36)30(24(17)35)19-9-10-20(31)29-21(19)32/h3-8,12,19H,1-2,9-11H2,(H,27,33)(H,28,34)(H,29,31,32). The monoisotopic (exact) mass is 487 g/mol. The summed E-state index contributed by atoms with van der Waals surface area (Å²) in [7, 11) is 0. The first-order chi connectivity index (χ1) is 17.3. The summed E-state index contributed by atoms with van der Waals surface area (Å²) in [6, 6.07) is 11.8. The number of benzene rings is 2. The average Bonchev–Trinajstić information content (AvgIpc) is 3.11. The molecule has 1 saturated heterocycles. The van der Waals surface area contributed by atoms with Crippen molar-refractivity contribution in [3.63, 3.8) is 0 Å². The van der Waals surface area contributed by atoms with Gasteiger partial charge in [0.15, 0.2) is 0 Å². The molecule has 2 heterocycles. The van der Waals surface area contributed by atoms with Gasteiger partial charge in [-0.15, -0.1) is 0 Å². The Morgan fingerprint density at radius 1 is 1.00 bits per heavy atom. The van der Waals surface area contributed by atoms with Crippen molar-refractivity contribution < 1.29 is 28.8 Å². The highest BCUT2D eigenvalue weighted by Crippen LogP contribution is 2.28. The fraction of sp³-hybridized carbons (Fsp3) is 0.240. The van der Waals surface area contributed by atoms with E-state index >= 15 is 0 Å². The zero-order valence-electron chi connectivity index (χ0n) is 19.0. The molecule has 11 nitrogen and oxygen atoms in total. The fourth-order valence-electron chi connectivity index (χ4n) is 4.06. The Morgan fingerprint density at radius 3 is 2.42 bits per heavy atom. The predicted octanol–water partition coefficient (Wildman–Crippen LogP) is 0.647. The van der Waals surface area contributed by atoms with E-state index in [1.54, 1.807) is 12.1 Å². The minimum Gasteiger partial charge on any atom is -0.348 e. The summed E-state index contributed by atoms with van der Waals surface area (Å²) in [5.41, 5.74) is 1.95. The second-order valence-electron chi connectivity index (χ2n) is 8.33. The Bertz CT molecular complexity index is 1330. The number of piperidine rings is 1. The maximum Gasteiger partial charge on any atom is 0.313 e. The fourth-order valence-corrected chi connectivity index (χ4v) is 4.06. The third-order valence-electron chi connectivity index (χ3n) is 5.91. The predicted molar refractivity (Wildman–Crippen MR) is 124 cm³/mol. The van der Waals surface area contributed by atoms with Crippen molar-refractivity contribution in [3.8, 4) is 6.07 Å². The zero-order chi connectivity index (χ0) is 25.8. The Kier molecular flexibility index (Phi) is 6.87. The molecule has 11 heteroatoms.